The van der Waals surface area contributed by atoms with Crippen molar-refractivity contribution in [1.29, 1.82) is 0 Å². The number of aromatic hydroxyl groups is 3. The summed E-state index contributed by atoms with van der Waals surface area (Å²) in [6.07, 6.45) is 5.20. The maximum atomic E-state index is 9.92. The minimum atomic E-state index is -0.309. The summed E-state index contributed by atoms with van der Waals surface area (Å²) in [5.74, 6) is 1.02. The molecule has 0 bridgehead atoms. The molecule has 1 aromatic heterocycles. The topological polar surface area (TPSA) is 89.7 Å². The average molecular weight is 313 g/mol. The normalized spacial score (nSPS) is 17.9. The molecule has 120 valence electrons. The Balaban J connectivity index is 1.51. The Morgan fingerprint density at radius 3 is 2.65 bits per heavy atom. The summed E-state index contributed by atoms with van der Waals surface area (Å²) in [5.41, 5.74) is 2.86. The zero-order valence-corrected chi connectivity index (χ0v) is 12.7. The van der Waals surface area contributed by atoms with Gasteiger partial charge in [-0.2, -0.15) is 0 Å². The Bertz CT molecular complexity index is 759. The van der Waals surface area contributed by atoms with Crippen molar-refractivity contribution >= 4 is 0 Å². The van der Waals surface area contributed by atoms with Crippen LogP contribution in [0.1, 0.15) is 41.4 Å². The lowest BCUT2D eigenvalue weighted by molar-refractivity contribution is 0.239. The van der Waals surface area contributed by atoms with Crippen LogP contribution >= 0.6 is 0 Å². The van der Waals surface area contributed by atoms with Gasteiger partial charge in [0.15, 0.2) is 11.5 Å². The molecule has 0 saturated heterocycles. The van der Waals surface area contributed by atoms with Crippen LogP contribution in [0.15, 0.2) is 18.3 Å². The molecule has 6 nitrogen and oxygen atoms in total. The molecule has 0 amide bonds. The molecule has 2 aromatic rings. The Morgan fingerprint density at radius 1 is 1.09 bits per heavy atom. The van der Waals surface area contributed by atoms with Crippen LogP contribution in [0.4, 0.5) is 0 Å². The molecule has 0 unspecified atom stereocenters. The van der Waals surface area contributed by atoms with Crippen molar-refractivity contribution in [3.05, 3.63) is 41.0 Å². The predicted octanol–water partition coefficient (Wildman–Crippen LogP) is 2.03. The summed E-state index contributed by atoms with van der Waals surface area (Å²) in [6, 6.07) is 2.58. The molecule has 2 aliphatic rings. The highest BCUT2D eigenvalue weighted by Crippen LogP contribution is 2.38. The van der Waals surface area contributed by atoms with E-state index in [1.54, 1.807) is 0 Å². The number of hydrogen-bond acceptors (Lipinski definition) is 6. The highest BCUT2D eigenvalue weighted by atomic mass is 16.3. The molecule has 0 spiro atoms. The van der Waals surface area contributed by atoms with E-state index in [9.17, 15) is 15.3 Å². The smallest absolute Gasteiger partial charge is 0.161 e. The number of fused-ring (bicyclic) bond motifs is 1. The average Bonchev–Trinajstić information content (AvgIpc) is 3.37. The summed E-state index contributed by atoms with van der Waals surface area (Å²) >= 11 is 0. The molecule has 1 fully saturated rings. The van der Waals surface area contributed by atoms with E-state index in [0.29, 0.717) is 18.0 Å². The molecule has 4 rings (SSSR count). The van der Waals surface area contributed by atoms with E-state index in [0.717, 1.165) is 36.6 Å². The molecule has 2 heterocycles. The van der Waals surface area contributed by atoms with Crippen LogP contribution in [0, 0.1) is 0 Å². The number of aromatic nitrogens is 2. The fourth-order valence-electron chi connectivity index (χ4n) is 3.04. The van der Waals surface area contributed by atoms with Crippen LogP contribution in [0.25, 0.3) is 0 Å². The SMILES string of the molecule is Oc1cc(O)c(CN2CCc3nc(C4CC4)ncc3C2)cc1O. The van der Waals surface area contributed by atoms with Gasteiger partial charge >= 0.3 is 0 Å². The van der Waals surface area contributed by atoms with Gasteiger partial charge in [-0.15, -0.1) is 0 Å². The van der Waals surface area contributed by atoms with Crippen LogP contribution in [0.3, 0.4) is 0 Å². The molecule has 23 heavy (non-hydrogen) atoms. The van der Waals surface area contributed by atoms with Gasteiger partial charge in [-0.1, -0.05) is 0 Å². The first-order valence-electron chi connectivity index (χ1n) is 7.91. The molecule has 1 aromatic carbocycles. The van der Waals surface area contributed by atoms with Gasteiger partial charge in [0.05, 0.1) is 0 Å². The molecule has 0 radical (unpaired) electrons. The van der Waals surface area contributed by atoms with Crippen molar-refractivity contribution < 1.29 is 15.3 Å². The van der Waals surface area contributed by atoms with Gasteiger partial charge in [-0.25, -0.2) is 9.97 Å². The number of benzene rings is 1. The van der Waals surface area contributed by atoms with E-state index in [2.05, 4.69) is 9.88 Å². The first kappa shape index (κ1) is 14.3. The molecule has 1 aliphatic carbocycles. The summed E-state index contributed by atoms with van der Waals surface area (Å²) in [6.45, 7) is 2.07. The third-order valence-electron chi connectivity index (χ3n) is 4.54. The lowest BCUT2D eigenvalue weighted by Gasteiger charge is -2.28. The molecule has 1 saturated carbocycles. The number of rotatable bonds is 3. The molecular formula is C17H19N3O3. The molecule has 6 heteroatoms. The first-order valence-corrected chi connectivity index (χ1v) is 7.91. The van der Waals surface area contributed by atoms with Crippen molar-refractivity contribution in [2.75, 3.05) is 6.54 Å². The second-order valence-electron chi connectivity index (χ2n) is 6.40. The van der Waals surface area contributed by atoms with Gasteiger partial charge < -0.3 is 15.3 Å². The summed E-state index contributed by atoms with van der Waals surface area (Å²) in [5, 5.41) is 28.9. The third kappa shape index (κ3) is 2.82. The number of hydrogen-bond donors (Lipinski definition) is 3. The summed E-state index contributed by atoms with van der Waals surface area (Å²) < 4.78 is 0. The van der Waals surface area contributed by atoms with Crippen molar-refractivity contribution in [2.45, 2.75) is 38.3 Å². The van der Waals surface area contributed by atoms with E-state index >= 15 is 0 Å². The van der Waals surface area contributed by atoms with Crippen molar-refractivity contribution in [1.82, 2.24) is 14.9 Å². The van der Waals surface area contributed by atoms with Crippen molar-refractivity contribution in [3.8, 4) is 17.2 Å². The molecular weight excluding hydrogens is 294 g/mol. The van der Waals surface area contributed by atoms with E-state index in [-0.39, 0.29) is 17.2 Å². The molecule has 3 N–H and O–H groups in total. The molecule has 0 atom stereocenters. The van der Waals surface area contributed by atoms with Crippen LogP contribution < -0.4 is 0 Å². The second-order valence-corrected chi connectivity index (χ2v) is 6.40. The van der Waals surface area contributed by atoms with Crippen molar-refractivity contribution in [2.24, 2.45) is 0 Å². The van der Waals surface area contributed by atoms with Crippen LogP contribution in [0.2, 0.25) is 0 Å². The van der Waals surface area contributed by atoms with E-state index in [1.807, 2.05) is 6.20 Å². The second kappa shape index (κ2) is 5.38. The standard InChI is InChI=1S/C17H19N3O3/c21-14-6-16(23)15(22)5-11(14)8-20-4-3-13-12(9-20)7-18-17(19-13)10-1-2-10/h5-7,10,21-23H,1-4,8-9H2. The Morgan fingerprint density at radius 2 is 1.87 bits per heavy atom. The van der Waals surface area contributed by atoms with Crippen molar-refractivity contribution in [3.63, 3.8) is 0 Å². The Hall–Kier alpha value is -2.34. The highest BCUT2D eigenvalue weighted by Gasteiger charge is 2.28. The maximum Gasteiger partial charge on any atom is 0.161 e. The number of nitrogens with zero attached hydrogens (tertiary/aromatic N) is 3. The van der Waals surface area contributed by atoms with Gasteiger partial charge in [0.25, 0.3) is 0 Å². The summed E-state index contributed by atoms with van der Waals surface area (Å²) in [7, 11) is 0. The number of phenolic OH excluding ortho intramolecular Hbond substituents is 3. The van der Waals surface area contributed by atoms with Gasteiger partial charge in [0.1, 0.15) is 11.6 Å². The largest absolute Gasteiger partial charge is 0.507 e. The van der Waals surface area contributed by atoms with E-state index in [4.69, 9.17) is 4.98 Å². The van der Waals surface area contributed by atoms with E-state index in [1.165, 1.54) is 25.0 Å². The zero-order chi connectivity index (χ0) is 16.0. The fourth-order valence-corrected chi connectivity index (χ4v) is 3.04. The van der Waals surface area contributed by atoms with Gasteiger partial charge in [0, 0.05) is 61.1 Å². The quantitative estimate of drug-likeness (QED) is 0.593. The van der Waals surface area contributed by atoms with Crippen LogP contribution in [0.5, 0.6) is 17.2 Å². The number of phenols is 3. The third-order valence-corrected chi connectivity index (χ3v) is 4.54. The summed E-state index contributed by atoms with van der Waals surface area (Å²) in [4.78, 5) is 11.4. The Kier molecular flexibility index (Phi) is 3.34. The lowest BCUT2D eigenvalue weighted by Crippen LogP contribution is -2.31. The zero-order valence-electron chi connectivity index (χ0n) is 12.7. The monoisotopic (exact) mass is 313 g/mol. The van der Waals surface area contributed by atoms with Crippen LogP contribution in [-0.4, -0.2) is 36.7 Å². The Labute approximate surface area is 134 Å². The fraction of sp³-hybridized carbons (Fsp3) is 0.412. The maximum absolute atomic E-state index is 9.92. The minimum Gasteiger partial charge on any atom is -0.507 e. The van der Waals surface area contributed by atoms with Gasteiger partial charge in [-0.3, -0.25) is 4.90 Å². The van der Waals surface area contributed by atoms with Gasteiger partial charge in [0.2, 0.25) is 0 Å². The first-order chi connectivity index (χ1) is 11.1. The van der Waals surface area contributed by atoms with E-state index < -0.39 is 0 Å². The van der Waals surface area contributed by atoms with Gasteiger partial charge in [-0.05, 0) is 18.9 Å². The predicted molar refractivity (Wildman–Crippen MR) is 83.3 cm³/mol. The highest BCUT2D eigenvalue weighted by molar-refractivity contribution is 5.48. The lowest BCUT2D eigenvalue weighted by atomic mass is 10.1. The minimum absolute atomic E-state index is 0.00794. The molecule has 1 aliphatic heterocycles. The van der Waals surface area contributed by atoms with Crippen LogP contribution in [-0.2, 0) is 19.5 Å².